The fraction of sp³-hybridized carbons (Fsp3) is 0.600. The predicted molar refractivity (Wildman–Crippen MR) is 98.0 cm³/mol. The van der Waals surface area contributed by atoms with Gasteiger partial charge >= 0.3 is 6.09 Å². The zero-order chi connectivity index (χ0) is 18.5. The van der Waals surface area contributed by atoms with E-state index >= 15 is 0 Å². The van der Waals surface area contributed by atoms with Crippen LogP contribution < -0.4 is 10.6 Å². The highest BCUT2D eigenvalue weighted by atomic mass is 16.6. The first-order valence-corrected chi connectivity index (χ1v) is 9.06. The second-order valence-corrected chi connectivity index (χ2v) is 7.91. The summed E-state index contributed by atoms with van der Waals surface area (Å²) >= 11 is 0. The summed E-state index contributed by atoms with van der Waals surface area (Å²) in [7, 11) is 0. The summed E-state index contributed by atoms with van der Waals surface area (Å²) in [5.41, 5.74) is -0.467. The number of benzene rings is 1. The lowest BCUT2D eigenvalue weighted by Crippen LogP contribution is -2.63. The number of carbonyl (C=O) groups is 2. The fourth-order valence-electron chi connectivity index (χ4n) is 3.35. The highest BCUT2D eigenvalue weighted by molar-refractivity contribution is 5.90. The molecular weight excluding hydrogens is 316 g/mol. The van der Waals surface area contributed by atoms with E-state index in [0.29, 0.717) is 13.0 Å². The molecule has 0 radical (unpaired) electrons. The molecule has 0 unspecified atom stereocenters. The predicted octanol–water partition coefficient (Wildman–Crippen LogP) is 3.78. The Morgan fingerprint density at radius 3 is 2.48 bits per heavy atom. The van der Waals surface area contributed by atoms with Crippen LogP contribution in [0.1, 0.15) is 58.9 Å². The van der Waals surface area contributed by atoms with E-state index in [2.05, 4.69) is 10.6 Å². The summed E-state index contributed by atoms with van der Waals surface area (Å²) in [6.45, 7) is 7.93. The number of rotatable bonds is 4. The number of hydrogen-bond acceptors (Lipinski definition) is 3. The number of alkyl carbamates (subject to hydrolysis) is 1. The lowest BCUT2D eigenvalue weighted by atomic mass is 9.73. The molecule has 0 heterocycles. The third-order valence-electron chi connectivity index (χ3n) is 4.72. The molecule has 0 saturated heterocycles. The van der Waals surface area contributed by atoms with Gasteiger partial charge in [-0.05, 0) is 45.1 Å². The van der Waals surface area contributed by atoms with Gasteiger partial charge in [-0.3, -0.25) is 4.79 Å². The van der Waals surface area contributed by atoms with Gasteiger partial charge in [0.1, 0.15) is 11.1 Å². The average Bonchev–Trinajstić information content (AvgIpc) is 2.54. The van der Waals surface area contributed by atoms with Gasteiger partial charge in [0.05, 0.1) is 0 Å². The van der Waals surface area contributed by atoms with Crippen LogP contribution in [0.5, 0.6) is 0 Å². The van der Waals surface area contributed by atoms with Gasteiger partial charge in [-0.15, -0.1) is 0 Å². The van der Waals surface area contributed by atoms with Gasteiger partial charge in [0.15, 0.2) is 0 Å². The molecule has 0 aromatic heterocycles. The Morgan fingerprint density at radius 2 is 1.88 bits per heavy atom. The van der Waals surface area contributed by atoms with E-state index in [1.54, 1.807) is 0 Å². The van der Waals surface area contributed by atoms with Gasteiger partial charge in [0, 0.05) is 6.54 Å². The van der Waals surface area contributed by atoms with E-state index in [9.17, 15) is 9.59 Å². The quantitative estimate of drug-likeness (QED) is 0.872. The Balaban J connectivity index is 2.11. The Morgan fingerprint density at radius 1 is 1.20 bits per heavy atom. The summed E-state index contributed by atoms with van der Waals surface area (Å²) in [6, 6.07) is 9.77. The van der Waals surface area contributed by atoms with Gasteiger partial charge in [-0.2, -0.15) is 0 Å². The van der Waals surface area contributed by atoms with Crippen molar-refractivity contribution < 1.29 is 14.3 Å². The van der Waals surface area contributed by atoms with Crippen molar-refractivity contribution >= 4 is 12.0 Å². The molecule has 1 saturated carbocycles. The number of nitrogens with one attached hydrogen (secondary N) is 2. The lowest BCUT2D eigenvalue weighted by molar-refractivity contribution is -0.131. The smallest absolute Gasteiger partial charge is 0.408 e. The lowest BCUT2D eigenvalue weighted by Gasteiger charge is -2.41. The average molecular weight is 346 g/mol. The van der Waals surface area contributed by atoms with Crippen LogP contribution in [-0.2, 0) is 16.1 Å². The second-order valence-electron chi connectivity index (χ2n) is 7.91. The number of carbonyl (C=O) groups excluding carboxylic acids is 2. The van der Waals surface area contributed by atoms with E-state index in [1.165, 1.54) is 0 Å². The van der Waals surface area contributed by atoms with Crippen LogP contribution >= 0.6 is 0 Å². The van der Waals surface area contributed by atoms with E-state index in [-0.39, 0.29) is 11.8 Å². The molecule has 0 spiro atoms. The van der Waals surface area contributed by atoms with Crippen LogP contribution in [0.15, 0.2) is 30.3 Å². The molecule has 138 valence electrons. The van der Waals surface area contributed by atoms with Crippen molar-refractivity contribution in [2.45, 2.75) is 71.1 Å². The van der Waals surface area contributed by atoms with Crippen molar-refractivity contribution in [3.8, 4) is 0 Å². The first-order valence-electron chi connectivity index (χ1n) is 9.06. The minimum Gasteiger partial charge on any atom is -0.444 e. The Bertz CT molecular complexity index is 595. The molecule has 1 aromatic rings. The Labute approximate surface area is 150 Å². The van der Waals surface area contributed by atoms with E-state index in [1.807, 2.05) is 58.0 Å². The molecule has 1 aliphatic rings. The maximum atomic E-state index is 13.0. The molecule has 0 bridgehead atoms. The molecule has 25 heavy (non-hydrogen) atoms. The molecule has 1 aromatic carbocycles. The van der Waals surface area contributed by atoms with Crippen molar-refractivity contribution in [2.24, 2.45) is 5.92 Å². The fourth-order valence-corrected chi connectivity index (χ4v) is 3.35. The molecule has 1 fully saturated rings. The van der Waals surface area contributed by atoms with Crippen molar-refractivity contribution in [3.05, 3.63) is 35.9 Å². The van der Waals surface area contributed by atoms with Gasteiger partial charge in [-0.1, -0.05) is 50.1 Å². The maximum absolute atomic E-state index is 13.0. The van der Waals surface area contributed by atoms with E-state index in [4.69, 9.17) is 4.74 Å². The first kappa shape index (κ1) is 19.3. The first-order chi connectivity index (χ1) is 11.7. The zero-order valence-electron chi connectivity index (χ0n) is 15.7. The van der Waals surface area contributed by atoms with Crippen LogP contribution in [0.4, 0.5) is 4.79 Å². The van der Waals surface area contributed by atoms with Crippen molar-refractivity contribution in [2.75, 3.05) is 0 Å². The molecule has 2 rings (SSSR count). The molecule has 5 nitrogen and oxygen atoms in total. The number of hydrogen-bond donors (Lipinski definition) is 2. The topological polar surface area (TPSA) is 67.4 Å². The summed E-state index contributed by atoms with van der Waals surface area (Å²) < 4.78 is 5.40. The van der Waals surface area contributed by atoms with Gasteiger partial charge in [0.2, 0.25) is 5.91 Å². The third-order valence-corrected chi connectivity index (χ3v) is 4.72. The van der Waals surface area contributed by atoms with Crippen molar-refractivity contribution in [1.29, 1.82) is 0 Å². The molecule has 5 heteroatoms. The minimum absolute atomic E-state index is 0.0598. The molecule has 1 aliphatic carbocycles. The van der Waals surface area contributed by atoms with Crippen LogP contribution in [-0.4, -0.2) is 23.1 Å². The normalized spacial score (nSPS) is 23.6. The Kier molecular flexibility index (Phi) is 6.09. The summed E-state index contributed by atoms with van der Waals surface area (Å²) in [4.78, 5) is 25.4. The number of amides is 2. The molecule has 2 amide bonds. The molecular formula is C20H30N2O3. The van der Waals surface area contributed by atoms with Crippen LogP contribution in [0, 0.1) is 5.92 Å². The van der Waals surface area contributed by atoms with Crippen molar-refractivity contribution in [1.82, 2.24) is 10.6 Å². The second kappa shape index (κ2) is 7.89. The minimum atomic E-state index is -0.907. The molecule has 2 atom stereocenters. The third kappa shape index (κ3) is 5.21. The maximum Gasteiger partial charge on any atom is 0.408 e. The SMILES string of the molecule is C[C@H]1CCCC[C@]1(NC(=O)OC(C)(C)C)C(=O)NCc1ccccc1. The van der Waals surface area contributed by atoms with Gasteiger partial charge < -0.3 is 15.4 Å². The van der Waals surface area contributed by atoms with E-state index < -0.39 is 17.2 Å². The summed E-state index contributed by atoms with van der Waals surface area (Å²) in [5.74, 6) is -0.0704. The zero-order valence-corrected chi connectivity index (χ0v) is 15.7. The van der Waals surface area contributed by atoms with Gasteiger partial charge in [0.25, 0.3) is 0 Å². The van der Waals surface area contributed by atoms with Crippen LogP contribution in [0.25, 0.3) is 0 Å². The number of ether oxygens (including phenoxy) is 1. The Hall–Kier alpha value is -2.04. The highest BCUT2D eigenvalue weighted by Crippen LogP contribution is 2.34. The molecule has 0 aliphatic heterocycles. The van der Waals surface area contributed by atoms with Crippen LogP contribution in [0.3, 0.4) is 0 Å². The highest BCUT2D eigenvalue weighted by Gasteiger charge is 2.46. The van der Waals surface area contributed by atoms with Crippen molar-refractivity contribution in [3.63, 3.8) is 0 Å². The molecule has 2 N–H and O–H groups in total. The standard InChI is InChI=1S/C20H30N2O3/c1-15-10-8-9-13-20(15,22-18(24)25-19(2,3)4)17(23)21-14-16-11-6-5-7-12-16/h5-7,11-12,15H,8-10,13-14H2,1-4H3,(H,21,23)(H,22,24)/t15-,20+/m0/s1. The van der Waals surface area contributed by atoms with E-state index in [0.717, 1.165) is 24.8 Å². The largest absolute Gasteiger partial charge is 0.444 e. The summed E-state index contributed by atoms with van der Waals surface area (Å²) in [5, 5.41) is 5.90. The van der Waals surface area contributed by atoms with Gasteiger partial charge in [-0.25, -0.2) is 4.79 Å². The monoisotopic (exact) mass is 346 g/mol. The van der Waals surface area contributed by atoms with Crippen LogP contribution in [0.2, 0.25) is 0 Å². The summed E-state index contributed by atoms with van der Waals surface area (Å²) in [6.07, 6.45) is 3.00.